The molecule has 1 aliphatic carbocycles. The molecular weight excluding hydrogens is 224 g/mol. The molecule has 2 atom stereocenters. The molecule has 1 fully saturated rings. The Morgan fingerprint density at radius 2 is 2.00 bits per heavy atom. The minimum absolute atomic E-state index is 0.0194. The molecule has 1 aromatic heterocycles. The number of carbonyl (C=O) groups is 1. The largest absolute Gasteiger partial charge is 0.347 e. The Kier molecular flexibility index (Phi) is 2.67. The monoisotopic (exact) mass is 240 g/mol. The van der Waals surface area contributed by atoms with Gasteiger partial charge in [0.05, 0.1) is 0 Å². The second-order valence-corrected chi connectivity index (χ2v) is 4.84. The van der Waals surface area contributed by atoms with Crippen molar-refractivity contribution in [2.75, 3.05) is 0 Å². The molecule has 0 saturated heterocycles. The fraction of sp³-hybridized carbons (Fsp3) is 0.267. The second kappa shape index (κ2) is 4.33. The molecule has 18 heavy (non-hydrogen) atoms. The summed E-state index contributed by atoms with van der Waals surface area (Å²) in [5.41, 5.74) is 2.03. The Hall–Kier alpha value is -2.03. The number of aromatic nitrogens is 1. The van der Waals surface area contributed by atoms with E-state index in [0.29, 0.717) is 11.6 Å². The first-order chi connectivity index (χ1) is 8.75. The van der Waals surface area contributed by atoms with Crippen LogP contribution in [0.5, 0.6) is 0 Å². The van der Waals surface area contributed by atoms with E-state index in [1.807, 2.05) is 48.1 Å². The lowest BCUT2D eigenvalue weighted by atomic mass is 10.1. The van der Waals surface area contributed by atoms with E-state index in [-0.39, 0.29) is 11.9 Å². The summed E-state index contributed by atoms with van der Waals surface area (Å²) >= 11 is 0. The van der Waals surface area contributed by atoms with E-state index in [2.05, 4.69) is 17.4 Å². The van der Waals surface area contributed by atoms with Crippen molar-refractivity contribution in [3.8, 4) is 0 Å². The first-order valence-electron chi connectivity index (χ1n) is 6.23. The van der Waals surface area contributed by atoms with Gasteiger partial charge in [0.1, 0.15) is 5.69 Å². The predicted molar refractivity (Wildman–Crippen MR) is 70.5 cm³/mol. The summed E-state index contributed by atoms with van der Waals surface area (Å²) in [5, 5.41) is 3.09. The Morgan fingerprint density at radius 1 is 1.22 bits per heavy atom. The molecule has 2 aromatic rings. The Bertz CT molecular complexity index is 559. The maximum Gasteiger partial charge on any atom is 0.268 e. The average molecular weight is 240 g/mol. The average Bonchev–Trinajstić information content (AvgIpc) is 3.01. The number of hydrogen-bond acceptors (Lipinski definition) is 1. The summed E-state index contributed by atoms with van der Waals surface area (Å²) < 4.78 is 1.84. The highest BCUT2D eigenvalue weighted by molar-refractivity contribution is 5.93. The highest BCUT2D eigenvalue weighted by atomic mass is 16.2. The highest BCUT2D eigenvalue weighted by Gasteiger charge is 2.39. The van der Waals surface area contributed by atoms with Crippen LogP contribution in [-0.4, -0.2) is 16.5 Å². The van der Waals surface area contributed by atoms with Gasteiger partial charge in [-0.15, -0.1) is 0 Å². The van der Waals surface area contributed by atoms with E-state index < -0.39 is 0 Å². The van der Waals surface area contributed by atoms with Crippen LogP contribution in [0.3, 0.4) is 0 Å². The smallest absolute Gasteiger partial charge is 0.268 e. The van der Waals surface area contributed by atoms with E-state index in [9.17, 15) is 4.79 Å². The van der Waals surface area contributed by atoms with E-state index in [4.69, 9.17) is 0 Å². The van der Waals surface area contributed by atoms with Crippen molar-refractivity contribution in [2.24, 2.45) is 7.05 Å². The lowest BCUT2D eigenvalue weighted by molar-refractivity contribution is 0.0942. The maximum absolute atomic E-state index is 12.0. The van der Waals surface area contributed by atoms with Gasteiger partial charge < -0.3 is 9.88 Å². The summed E-state index contributed by atoms with van der Waals surface area (Å²) in [6, 6.07) is 14.4. The molecule has 1 aromatic carbocycles. The molecule has 0 radical (unpaired) electrons. The van der Waals surface area contributed by atoms with Crippen LogP contribution < -0.4 is 5.32 Å². The van der Waals surface area contributed by atoms with Crippen LogP contribution in [0, 0.1) is 0 Å². The molecule has 0 aliphatic heterocycles. The number of nitrogens with zero attached hydrogens (tertiary/aromatic N) is 1. The highest BCUT2D eigenvalue weighted by Crippen LogP contribution is 2.40. The number of carbonyl (C=O) groups excluding carboxylic acids is 1. The Labute approximate surface area is 106 Å². The van der Waals surface area contributed by atoms with E-state index >= 15 is 0 Å². The first kappa shape index (κ1) is 11.1. The van der Waals surface area contributed by atoms with Gasteiger partial charge in [0, 0.05) is 25.2 Å². The number of aryl methyl sites for hydroxylation is 1. The van der Waals surface area contributed by atoms with Gasteiger partial charge >= 0.3 is 0 Å². The maximum atomic E-state index is 12.0. The molecule has 3 nitrogen and oxygen atoms in total. The van der Waals surface area contributed by atoms with Crippen LogP contribution in [0.15, 0.2) is 48.7 Å². The molecule has 0 spiro atoms. The molecule has 1 heterocycles. The van der Waals surface area contributed by atoms with Crippen molar-refractivity contribution >= 4 is 5.91 Å². The summed E-state index contributed by atoms with van der Waals surface area (Å²) in [6.45, 7) is 0. The van der Waals surface area contributed by atoms with Crippen molar-refractivity contribution in [3.63, 3.8) is 0 Å². The third-order valence-electron chi connectivity index (χ3n) is 3.51. The van der Waals surface area contributed by atoms with Crippen LogP contribution in [0.1, 0.15) is 28.4 Å². The first-order valence-corrected chi connectivity index (χ1v) is 6.23. The zero-order valence-corrected chi connectivity index (χ0v) is 10.3. The molecule has 92 valence electrons. The van der Waals surface area contributed by atoms with Crippen LogP contribution >= 0.6 is 0 Å². The van der Waals surface area contributed by atoms with Gasteiger partial charge in [-0.05, 0) is 24.1 Å². The number of amides is 1. The van der Waals surface area contributed by atoms with E-state index in [1.54, 1.807) is 0 Å². The van der Waals surface area contributed by atoms with Gasteiger partial charge in [0.15, 0.2) is 0 Å². The standard InChI is InChI=1S/C15H16N2O/c1-17-9-5-8-14(17)15(18)16-13-10-12(13)11-6-3-2-4-7-11/h2-9,12-13H,10H2,1H3,(H,16,18). The Morgan fingerprint density at radius 3 is 2.67 bits per heavy atom. The van der Waals surface area contributed by atoms with Gasteiger partial charge in [-0.1, -0.05) is 30.3 Å². The molecule has 1 amide bonds. The quantitative estimate of drug-likeness (QED) is 0.877. The van der Waals surface area contributed by atoms with Crippen molar-refractivity contribution in [2.45, 2.75) is 18.4 Å². The summed E-state index contributed by atoms with van der Waals surface area (Å²) in [7, 11) is 1.89. The van der Waals surface area contributed by atoms with Gasteiger partial charge in [-0.25, -0.2) is 0 Å². The lowest BCUT2D eigenvalue weighted by Gasteiger charge is -2.05. The topological polar surface area (TPSA) is 34.0 Å². The molecule has 3 rings (SSSR count). The molecule has 2 unspecified atom stereocenters. The minimum atomic E-state index is 0.0194. The lowest BCUT2D eigenvalue weighted by Crippen LogP contribution is -2.28. The predicted octanol–water partition coefficient (Wildman–Crippen LogP) is 2.31. The molecule has 1 N–H and O–H groups in total. The third kappa shape index (κ3) is 2.04. The van der Waals surface area contributed by atoms with Crippen LogP contribution in [-0.2, 0) is 7.05 Å². The zero-order chi connectivity index (χ0) is 12.5. The molecule has 1 saturated carbocycles. The minimum Gasteiger partial charge on any atom is -0.347 e. The number of hydrogen-bond donors (Lipinski definition) is 1. The van der Waals surface area contributed by atoms with Gasteiger partial charge in [-0.3, -0.25) is 4.79 Å². The Balaban J connectivity index is 1.64. The molecule has 3 heteroatoms. The van der Waals surface area contributed by atoms with Crippen LogP contribution in [0.4, 0.5) is 0 Å². The van der Waals surface area contributed by atoms with Crippen molar-refractivity contribution in [1.29, 1.82) is 0 Å². The second-order valence-electron chi connectivity index (χ2n) is 4.84. The van der Waals surface area contributed by atoms with E-state index in [1.165, 1.54) is 5.56 Å². The molecule has 1 aliphatic rings. The van der Waals surface area contributed by atoms with Crippen molar-refractivity contribution < 1.29 is 4.79 Å². The van der Waals surface area contributed by atoms with Crippen LogP contribution in [0.2, 0.25) is 0 Å². The normalized spacial score (nSPS) is 21.6. The number of benzene rings is 1. The van der Waals surface area contributed by atoms with Crippen LogP contribution in [0.25, 0.3) is 0 Å². The summed E-state index contributed by atoms with van der Waals surface area (Å²) in [4.78, 5) is 12.0. The van der Waals surface area contributed by atoms with E-state index in [0.717, 1.165) is 6.42 Å². The van der Waals surface area contributed by atoms with Gasteiger partial charge in [0.25, 0.3) is 5.91 Å². The third-order valence-corrected chi connectivity index (χ3v) is 3.51. The number of rotatable bonds is 3. The molecular formula is C15H16N2O. The van der Waals surface area contributed by atoms with Crippen molar-refractivity contribution in [1.82, 2.24) is 9.88 Å². The number of nitrogens with one attached hydrogen (secondary N) is 1. The van der Waals surface area contributed by atoms with Gasteiger partial charge in [0.2, 0.25) is 0 Å². The molecule has 0 bridgehead atoms. The van der Waals surface area contributed by atoms with Crippen molar-refractivity contribution in [3.05, 3.63) is 59.9 Å². The fourth-order valence-electron chi connectivity index (χ4n) is 2.36. The summed E-state index contributed by atoms with van der Waals surface area (Å²) in [6.07, 6.45) is 2.93. The SMILES string of the molecule is Cn1cccc1C(=O)NC1CC1c1ccccc1. The van der Waals surface area contributed by atoms with Gasteiger partial charge in [-0.2, -0.15) is 0 Å². The zero-order valence-electron chi connectivity index (χ0n) is 10.3. The fourth-order valence-corrected chi connectivity index (χ4v) is 2.36. The summed E-state index contributed by atoms with van der Waals surface area (Å²) in [5.74, 6) is 0.501.